The summed E-state index contributed by atoms with van der Waals surface area (Å²) in [5, 5.41) is 25.6. The van der Waals surface area contributed by atoms with Crippen LogP contribution in [0.5, 0.6) is 5.75 Å². The van der Waals surface area contributed by atoms with Crippen molar-refractivity contribution in [3.05, 3.63) is 29.8 Å². The molecule has 1 aromatic carbocycles. The third-order valence-corrected chi connectivity index (χ3v) is 13.9. The Morgan fingerprint density at radius 1 is 0.792 bits per heavy atom. The summed E-state index contributed by atoms with van der Waals surface area (Å²) in [4.78, 5) is 92.6. The number of hydrogen-bond acceptors (Lipinski definition) is 15. The number of phenols is 1. The number of aliphatic carboxylic acids is 1. The number of phenolic OH excluding ortho intramolecular Hbond substituents is 1. The number of benzene rings is 1. The van der Waals surface area contributed by atoms with Crippen LogP contribution in [0.15, 0.2) is 24.3 Å². The summed E-state index contributed by atoms with van der Waals surface area (Å²) in [5.41, 5.74) is 0.744. The highest BCUT2D eigenvalue weighted by Gasteiger charge is 2.44. The van der Waals surface area contributed by atoms with E-state index in [1.165, 1.54) is 24.3 Å². The summed E-state index contributed by atoms with van der Waals surface area (Å²) in [6.45, 7) is 16.9. The first kappa shape index (κ1) is 62.0. The number of likely N-dealkylation sites (tertiary alicyclic amines) is 1. The molecular formula is C52H88N6O14. The highest BCUT2D eigenvalue weighted by molar-refractivity contribution is 6.00. The number of carboxylic acids is 1. The van der Waals surface area contributed by atoms with Crippen LogP contribution in [0.2, 0.25) is 0 Å². The molecule has 20 nitrogen and oxygen atoms in total. The number of methoxy groups -OCH3 is 2. The molecule has 9 atom stereocenters. The number of carboxylic acid groups (broad SMARTS) is 1. The average Bonchev–Trinajstić information content (AvgIpc) is 3.83. The van der Waals surface area contributed by atoms with Crippen LogP contribution in [0.3, 0.4) is 0 Å². The van der Waals surface area contributed by atoms with Gasteiger partial charge in [0.1, 0.15) is 11.8 Å². The molecular weight excluding hydrogens is 933 g/mol. The number of hydrogen-bond donors (Lipinski definition) is 4. The molecule has 2 saturated heterocycles. The van der Waals surface area contributed by atoms with Crippen LogP contribution in [-0.4, -0.2) is 202 Å². The highest BCUT2D eigenvalue weighted by atomic mass is 16.7. The van der Waals surface area contributed by atoms with Crippen LogP contribution >= 0.6 is 0 Å². The number of nitrogens with zero attached hydrogens (tertiary/aromatic N) is 4. The van der Waals surface area contributed by atoms with Crippen molar-refractivity contribution in [1.29, 1.82) is 0 Å². The summed E-state index contributed by atoms with van der Waals surface area (Å²) in [6.07, 6.45) is 2.37. The molecule has 2 fully saturated rings. The maximum atomic E-state index is 14.6. The molecule has 0 bridgehead atoms. The lowest BCUT2D eigenvalue weighted by Gasteiger charge is -2.43. The maximum Gasteiger partial charge on any atom is 0.305 e. The highest BCUT2D eigenvalue weighted by Crippen LogP contribution is 2.31. The molecule has 410 valence electrons. The van der Waals surface area contributed by atoms with Crippen LogP contribution in [-0.2, 0) is 63.7 Å². The zero-order valence-electron chi connectivity index (χ0n) is 45.0. The first-order valence-corrected chi connectivity index (χ1v) is 25.9. The van der Waals surface area contributed by atoms with Gasteiger partial charge in [0, 0.05) is 46.3 Å². The van der Waals surface area contributed by atoms with Crippen molar-refractivity contribution in [2.75, 3.05) is 94.2 Å². The summed E-state index contributed by atoms with van der Waals surface area (Å²) in [5.74, 6) is -3.82. The van der Waals surface area contributed by atoms with E-state index in [0.717, 1.165) is 24.8 Å². The second kappa shape index (κ2) is 32.1. The molecule has 2 aliphatic heterocycles. The van der Waals surface area contributed by atoms with Crippen LogP contribution in [0.1, 0.15) is 99.0 Å². The number of hydroxylamine groups is 2. The van der Waals surface area contributed by atoms with Crippen molar-refractivity contribution in [1.82, 2.24) is 30.4 Å². The lowest BCUT2D eigenvalue weighted by atomic mass is 9.87. The molecule has 0 aliphatic carbocycles. The van der Waals surface area contributed by atoms with E-state index < -0.39 is 72.0 Å². The average molecular weight is 1020 g/mol. The Hall–Kier alpha value is -4.28. The molecule has 0 saturated carbocycles. The molecule has 5 amide bonds. The summed E-state index contributed by atoms with van der Waals surface area (Å²) in [6, 6.07) is 3.28. The fraction of sp³-hybridized carbons (Fsp3) is 0.769. The van der Waals surface area contributed by atoms with Crippen LogP contribution < -0.4 is 10.6 Å². The van der Waals surface area contributed by atoms with Gasteiger partial charge < -0.3 is 44.1 Å². The quantitative estimate of drug-likeness (QED) is 0.0738. The van der Waals surface area contributed by atoms with Gasteiger partial charge in [0.15, 0.2) is 0 Å². The summed E-state index contributed by atoms with van der Waals surface area (Å²) < 4.78 is 28.6. The van der Waals surface area contributed by atoms with E-state index in [0.29, 0.717) is 65.5 Å². The summed E-state index contributed by atoms with van der Waals surface area (Å²) in [7, 11) is 6.75. The van der Waals surface area contributed by atoms with Gasteiger partial charge in [-0.05, 0) is 75.2 Å². The van der Waals surface area contributed by atoms with E-state index in [2.05, 4.69) is 17.6 Å². The monoisotopic (exact) mass is 1020 g/mol. The molecule has 3 rings (SSSR count). The normalized spacial score (nSPS) is 18.7. The van der Waals surface area contributed by atoms with Crippen molar-refractivity contribution in [2.24, 2.45) is 23.7 Å². The molecule has 2 heterocycles. The van der Waals surface area contributed by atoms with Crippen molar-refractivity contribution < 1.29 is 67.5 Å². The number of ether oxygens (including phenoxy) is 5. The first-order valence-electron chi connectivity index (χ1n) is 25.9. The van der Waals surface area contributed by atoms with E-state index in [4.69, 9.17) is 33.6 Å². The molecule has 72 heavy (non-hydrogen) atoms. The zero-order valence-corrected chi connectivity index (χ0v) is 45.0. The molecule has 0 unspecified atom stereocenters. The minimum absolute atomic E-state index is 0.00874. The van der Waals surface area contributed by atoms with Gasteiger partial charge in [-0.15, -0.1) is 0 Å². The number of rotatable bonds is 33. The predicted octanol–water partition coefficient (Wildman–Crippen LogP) is 3.52. The van der Waals surface area contributed by atoms with Crippen molar-refractivity contribution >= 4 is 35.5 Å². The van der Waals surface area contributed by atoms with E-state index in [9.17, 15) is 33.9 Å². The number of carbonyl (C=O) groups excluding carboxylic acids is 5. The Morgan fingerprint density at radius 3 is 1.96 bits per heavy atom. The third-order valence-electron chi connectivity index (χ3n) is 13.9. The van der Waals surface area contributed by atoms with Crippen LogP contribution in [0, 0.1) is 23.7 Å². The summed E-state index contributed by atoms with van der Waals surface area (Å²) >= 11 is 0. The molecule has 4 N–H and O–H groups in total. The Morgan fingerprint density at radius 2 is 1.40 bits per heavy atom. The number of nitrogens with one attached hydrogen (secondary N) is 2. The molecule has 0 radical (unpaired) electrons. The Bertz CT molecular complexity index is 1820. The van der Waals surface area contributed by atoms with E-state index >= 15 is 0 Å². The number of aromatic hydroxyl groups is 1. The lowest BCUT2D eigenvalue weighted by Crippen LogP contribution is -2.60. The van der Waals surface area contributed by atoms with E-state index in [1.807, 2.05) is 58.5 Å². The number of carbonyl (C=O) groups is 6. The van der Waals surface area contributed by atoms with Gasteiger partial charge in [-0.25, -0.2) is 5.06 Å². The predicted molar refractivity (Wildman–Crippen MR) is 269 cm³/mol. The Labute approximate surface area is 428 Å². The fourth-order valence-electron chi connectivity index (χ4n) is 9.98. The zero-order chi connectivity index (χ0) is 53.5. The second-order valence-corrected chi connectivity index (χ2v) is 19.9. The standard InChI is InChI=1S/C52H88N6O14/c1-12-36(6)47(56(9)46(35(4)5)51(65)54-50(64)45(34(2)3)55(8)24-27-70-29-31-71-30-28-69-26-21-44(61)62)42(67-10)33-43(60)57-22-15-16-41(57)48(68-11)37(7)49(63)53-40(32-38-17-19-39(59)20-18-38)52(66)58-23-13-14-25-72-58/h17-20,34-37,40-42,45-48,59H,12-16,21-33H2,1-11H3,(H,53,63)(H,61,62)(H,54,64,65)/t36-,37+,40-,41-,42+,45-,46-,47-,48+/m0/s1. The topological polar surface area (TPSA) is 235 Å². The second-order valence-electron chi connectivity index (χ2n) is 19.9. The number of amides is 5. The molecule has 20 heteroatoms. The Balaban J connectivity index is 1.69. The van der Waals surface area contributed by atoms with Gasteiger partial charge in [-0.3, -0.25) is 48.7 Å². The smallest absolute Gasteiger partial charge is 0.305 e. The van der Waals surface area contributed by atoms with Crippen LogP contribution in [0.4, 0.5) is 0 Å². The third kappa shape index (κ3) is 19.2. The molecule has 2 aliphatic rings. The first-order chi connectivity index (χ1) is 34.3. The van der Waals surface area contributed by atoms with Crippen molar-refractivity contribution in [3.63, 3.8) is 0 Å². The molecule has 0 spiro atoms. The fourth-order valence-corrected chi connectivity index (χ4v) is 9.98. The number of likely N-dealkylation sites (N-methyl/N-ethyl adjacent to an activating group) is 2. The lowest BCUT2D eigenvalue weighted by molar-refractivity contribution is -0.199. The van der Waals surface area contributed by atoms with E-state index in [-0.39, 0.29) is 67.8 Å². The van der Waals surface area contributed by atoms with Gasteiger partial charge in [0.2, 0.25) is 23.6 Å². The van der Waals surface area contributed by atoms with Gasteiger partial charge in [-0.2, -0.15) is 0 Å². The number of imide groups is 1. The minimum atomic E-state index is -0.951. The van der Waals surface area contributed by atoms with Gasteiger partial charge in [-0.1, -0.05) is 67.0 Å². The van der Waals surface area contributed by atoms with Crippen molar-refractivity contribution in [2.45, 2.75) is 142 Å². The molecule has 0 aromatic heterocycles. The Kier molecular flexibility index (Phi) is 27.7. The SMILES string of the molecule is CC[C@H](C)[C@@H]([C@@H](CC(=O)N1CCC[C@H]1[C@H](OC)[C@@H](C)C(=O)N[C@@H](Cc1ccc(O)cc1)C(=O)N1CCCCO1)OC)N(C)[C@H](C(=O)NC(=O)[C@H](C(C)C)N(C)CCOCCOCCOCCC(=O)O)C(C)C. The van der Waals surface area contributed by atoms with Gasteiger partial charge in [0.05, 0.1) is 95.3 Å². The molecule has 1 aromatic rings. The maximum absolute atomic E-state index is 14.6. The van der Waals surface area contributed by atoms with Crippen LogP contribution in [0.25, 0.3) is 0 Å². The minimum Gasteiger partial charge on any atom is -0.508 e. The van der Waals surface area contributed by atoms with Gasteiger partial charge in [0.25, 0.3) is 5.91 Å². The largest absolute Gasteiger partial charge is 0.508 e. The van der Waals surface area contributed by atoms with E-state index in [1.54, 1.807) is 31.1 Å². The van der Waals surface area contributed by atoms with Gasteiger partial charge >= 0.3 is 5.97 Å². The van der Waals surface area contributed by atoms with Crippen molar-refractivity contribution in [3.8, 4) is 5.75 Å².